The molecular formula is C16H23N3. The van der Waals surface area contributed by atoms with Crippen molar-refractivity contribution in [2.24, 2.45) is 11.7 Å². The van der Waals surface area contributed by atoms with Gasteiger partial charge in [0.1, 0.15) is 0 Å². The van der Waals surface area contributed by atoms with Crippen LogP contribution in [0.5, 0.6) is 0 Å². The second-order valence-corrected chi connectivity index (χ2v) is 5.53. The minimum atomic E-state index is 0.310. The second-order valence-electron chi connectivity index (χ2n) is 5.53. The van der Waals surface area contributed by atoms with Crippen LogP contribution in [-0.2, 0) is 0 Å². The maximum atomic E-state index is 5.87. The second kappa shape index (κ2) is 6.02. The summed E-state index contributed by atoms with van der Waals surface area (Å²) in [5.41, 5.74) is 9.07. The maximum absolute atomic E-state index is 5.87. The van der Waals surface area contributed by atoms with Crippen LogP contribution >= 0.6 is 0 Å². The molecule has 2 rings (SSSR count). The molecule has 1 unspecified atom stereocenters. The summed E-state index contributed by atoms with van der Waals surface area (Å²) in [4.78, 5) is 4.56. The van der Waals surface area contributed by atoms with Crippen LogP contribution in [0.15, 0.2) is 30.3 Å². The summed E-state index contributed by atoms with van der Waals surface area (Å²) >= 11 is 0. The number of hydrogen-bond acceptors (Lipinski definition) is 3. The van der Waals surface area contributed by atoms with Crippen LogP contribution in [0.1, 0.15) is 26.0 Å². The summed E-state index contributed by atoms with van der Waals surface area (Å²) in [5.74, 6) is 0.634. The van der Waals surface area contributed by atoms with Gasteiger partial charge in [-0.1, -0.05) is 32.0 Å². The summed E-state index contributed by atoms with van der Waals surface area (Å²) in [5, 5.41) is 4.74. The lowest BCUT2D eigenvalue weighted by atomic mass is 10.0. The van der Waals surface area contributed by atoms with E-state index in [2.05, 4.69) is 36.3 Å². The number of para-hydroxylation sites is 1. The fourth-order valence-electron chi connectivity index (χ4n) is 2.43. The number of anilines is 1. The van der Waals surface area contributed by atoms with E-state index in [-0.39, 0.29) is 0 Å². The molecule has 0 aliphatic heterocycles. The standard InChI is InChI=1S/C16H23N3/c1-11(2)8-13(10-17)19-16-9-12(3)18-15-7-5-4-6-14(15)16/h4-7,9,11,13H,8,10,17H2,1-3H3,(H,18,19). The first-order chi connectivity index (χ1) is 9.10. The number of aromatic nitrogens is 1. The SMILES string of the molecule is Cc1cc(NC(CN)CC(C)C)c2ccccc2n1. The smallest absolute Gasteiger partial charge is 0.0725 e. The molecule has 19 heavy (non-hydrogen) atoms. The Kier molecular flexibility index (Phi) is 4.38. The van der Waals surface area contributed by atoms with Gasteiger partial charge in [0.2, 0.25) is 0 Å². The third-order valence-corrected chi connectivity index (χ3v) is 3.24. The summed E-state index contributed by atoms with van der Waals surface area (Å²) in [6.07, 6.45) is 1.08. The summed E-state index contributed by atoms with van der Waals surface area (Å²) in [6.45, 7) is 7.12. The maximum Gasteiger partial charge on any atom is 0.0725 e. The zero-order valence-corrected chi connectivity index (χ0v) is 12.0. The van der Waals surface area contributed by atoms with Gasteiger partial charge in [-0.3, -0.25) is 4.98 Å². The lowest BCUT2D eigenvalue weighted by Gasteiger charge is -2.21. The van der Waals surface area contributed by atoms with Crippen LogP contribution in [0.2, 0.25) is 0 Å². The van der Waals surface area contributed by atoms with E-state index in [1.54, 1.807) is 0 Å². The van der Waals surface area contributed by atoms with Crippen LogP contribution < -0.4 is 11.1 Å². The van der Waals surface area contributed by atoms with E-state index in [1.165, 1.54) is 0 Å². The Labute approximate surface area is 115 Å². The monoisotopic (exact) mass is 257 g/mol. The molecule has 0 aliphatic rings. The lowest BCUT2D eigenvalue weighted by molar-refractivity contribution is 0.522. The molecule has 1 aromatic heterocycles. The van der Waals surface area contributed by atoms with Crippen molar-refractivity contribution in [2.45, 2.75) is 33.2 Å². The number of nitrogens with one attached hydrogen (secondary N) is 1. The predicted molar refractivity (Wildman–Crippen MR) is 82.4 cm³/mol. The summed E-state index contributed by atoms with van der Waals surface area (Å²) in [7, 11) is 0. The quantitative estimate of drug-likeness (QED) is 0.864. The average Bonchev–Trinajstić information content (AvgIpc) is 2.37. The molecule has 0 spiro atoms. The van der Waals surface area contributed by atoms with Gasteiger partial charge in [0.25, 0.3) is 0 Å². The van der Waals surface area contributed by atoms with Crippen molar-refractivity contribution < 1.29 is 0 Å². The first kappa shape index (κ1) is 13.8. The molecule has 0 saturated carbocycles. The molecule has 0 radical (unpaired) electrons. The fourth-order valence-corrected chi connectivity index (χ4v) is 2.43. The molecule has 3 nitrogen and oxygen atoms in total. The van der Waals surface area contributed by atoms with E-state index in [0.29, 0.717) is 18.5 Å². The van der Waals surface area contributed by atoms with Crippen LogP contribution in [0, 0.1) is 12.8 Å². The van der Waals surface area contributed by atoms with Crippen molar-refractivity contribution in [3.8, 4) is 0 Å². The van der Waals surface area contributed by atoms with Gasteiger partial charge in [0.15, 0.2) is 0 Å². The van der Waals surface area contributed by atoms with E-state index >= 15 is 0 Å². The van der Waals surface area contributed by atoms with Gasteiger partial charge >= 0.3 is 0 Å². The van der Waals surface area contributed by atoms with E-state index in [1.807, 2.05) is 25.1 Å². The first-order valence-electron chi connectivity index (χ1n) is 6.93. The Morgan fingerprint density at radius 3 is 2.68 bits per heavy atom. The van der Waals surface area contributed by atoms with Crippen molar-refractivity contribution >= 4 is 16.6 Å². The number of aryl methyl sites for hydroxylation is 1. The zero-order chi connectivity index (χ0) is 13.8. The highest BCUT2D eigenvalue weighted by atomic mass is 14.9. The average molecular weight is 257 g/mol. The van der Waals surface area contributed by atoms with E-state index in [9.17, 15) is 0 Å². The number of pyridine rings is 1. The number of rotatable bonds is 5. The summed E-state index contributed by atoms with van der Waals surface area (Å²) < 4.78 is 0. The highest BCUT2D eigenvalue weighted by Crippen LogP contribution is 2.24. The normalized spacial score (nSPS) is 12.9. The molecule has 0 amide bonds. The fraction of sp³-hybridized carbons (Fsp3) is 0.438. The van der Waals surface area contributed by atoms with Crippen molar-refractivity contribution in [3.63, 3.8) is 0 Å². The molecule has 0 bridgehead atoms. The van der Waals surface area contributed by atoms with Gasteiger partial charge in [-0.2, -0.15) is 0 Å². The molecule has 1 aromatic carbocycles. The van der Waals surface area contributed by atoms with Crippen LogP contribution in [0.3, 0.4) is 0 Å². The van der Waals surface area contributed by atoms with Crippen molar-refractivity contribution in [1.82, 2.24) is 4.98 Å². The molecular weight excluding hydrogens is 234 g/mol. The Hall–Kier alpha value is -1.61. The molecule has 3 N–H and O–H groups in total. The van der Waals surface area contributed by atoms with Gasteiger partial charge in [0.05, 0.1) is 5.52 Å². The Bertz CT molecular complexity index is 549. The van der Waals surface area contributed by atoms with Crippen molar-refractivity contribution in [2.75, 3.05) is 11.9 Å². The molecule has 1 heterocycles. The van der Waals surface area contributed by atoms with Crippen molar-refractivity contribution in [1.29, 1.82) is 0 Å². The Morgan fingerprint density at radius 2 is 2.00 bits per heavy atom. The van der Waals surface area contributed by atoms with Gasteiger partial charge in [0, 0.05) is 29.4 Å². The minimum Gasteiger partial charge on any atom is -0.380 e. The largest absolute Gasteiger partial charge is 0.380 e. The molecule has 3 heteroatoms. The highest BCUT2D eigenvalue weighted by molar-refractivity contribution is 5.91. The summed E-state index contributed by atoms with van der Waals surface area (Å²) in [6, 6.07) is 10.6. The predicted octanol–water partition coefficient (Wildman–Crippen LogP) is 3.33. The Morgan fingerprint density at radius 1 is 1.26 bits per heavy atom. The number of hydrogen-bond donors (Lipinski definition) is 2. The van der Waals surface area contributed by atoms with E-state index in [0.717, 1.165) is 28.7 Å². The number of benzene rings is 1. The third kappa shape index (κ3) is 3.44. The minimum absolute atomic E-state index is 0.310. The molecule has 2 aromatic rings. The molecule has 1 atom stereocenters. The van der Waals surface area contributed by atoms with Gasteiger partial charge in [-0.15, -0.1) is 0 Å². The Balaban J connectivity index is 2.33. The van der Waals surface area contributed by atoms with Gasteiger partial charge < -0.3 is 11.1 Å². The van der Waals surface area contributed by atoms with E-state index < -0.39 is 0 Å². The number of fused-ring (bicyclic) bond motifs is 1. The van der Waals surface area contributed by atoms with E-state index in [4.69, 9.17) is 5.73 Å². The van der Waals surface area contributed by atoms with Gasteiger partial charge in [-0.05, 0) is 31.4 Å². The first-order valence-corrected chi connectivity index (χ1v) is 6.93. The number of nitrogens with zero attached hydrogens (tertiary/aromatic N) is 1. The molecule has 102 valence electrons. The molecule has 0 fully saturated rings. The van der Waals surface area contributed by atoms with Crippen LogP contribution in [0.4, 0.5) is 5.69 Å². The molecule has 0 saturated heterocycles. The zero-order valence-electron chi connectivity index (χ0n) is 12.0. The number of nitrogens with two attached hydrogens (primary N) is 1. The van der Waals surface area contributed by atoms with Crippen LogP contribution in [-0.4, -0.2) is 17.6 Å². The highest BCUT2D eigenvalue weighted by Gasteiger charge is 2.11. The lowest BCUT2D eigenvalue weighted by Crippen LogP contribution is -2.30. The van der Waals surface area contributed by atoms with Gasteiger partial charge in [-0.25, -0.2) is 0 Å². The van der Waals surface area contributed by atoms with Crippen molar-refractivity contribution in [3.05, 3.63) is 36.0 Å². The van der Waals surface area contributed by atoms with Crippen LogP contribution in [0.25, 0.3) is 10.9 Å². The molecule has 0 aliphatic carbocycles. The third-order valence-electron chi connectivity index (χ3n) is 3.24. The topological polar surface area (TPSA) is 50.9 Å².